The lowest BCUT2D eigenvalue weighted by atomic mass is 9.94. The van der Waals surface area contributed by atoms with Gasteiger partial charge in [0, 0.05) is 17.3 Å². The van der Waals surface area contributed by atoms with Gasteiger partial charge < -0.3 is 26.8 Å². The molecule has 3 aromatic rings. The zero-order valence-electron chi connectivity index (χ0n) is 19.4. The van der Waals surface area contributed by atoms with Crippen LogP contribution >= 0.6 is 0 Å². The van der Waals surface area contributed by atoms with Gasteiger partial charge in [-0.05, 0) is 35.4 Å². The Labute approximate surface area is 203 Å². The Balaban J connectivity index is 1.75. The first kappa shape index (κ1) is 23.7. The zero-order valence-corrected chi connectivity index (χ0v) is 19.4. The highest BCUT2D eigenvalue weighted by Crippen LogP contribution is 2.38. The van der Waals surface area contributed by atoms with E-state index >= 15 is 0 Å². The molecule has 2 atom stereocenters. The number of hydrogen-bond donors (Lipinski definition) is 4. The van der Waals surface area contributed by atoms with E-state index in [4.69, 9.17) is 16.2 Å². The number of primary amides is 1. The molecule has 1 heterocycles. The summed E-state index contributed by atoms with van der Waals surface area (Å²) >= 11 is 0. The van der Waals surface area contributed by atoms with Crippen LogP contribution < -0.4 is 22.1 Å². The minimum absolute atomic E-state index is 0.290. The molecule has 0 saturated heterocycles. The molecule has 0 bridgehead atoms. The number of nitrogens with one attached hydrogen (secondary N) is 2. The largest absolute Gasteiger partial charge is 0.465 e. The maximum Gasteiger partial charge on any atom is 0.337 e. The quantitative estimate of drug-likeness (QED) is 0.308. The number of hydrogen-bond acceptors (Lipinski definition) is 6. The number of carbonyl (C=O) groups is 3. The van der Waals surface area contributed by atoms with E-state index in [-0.39, 0.29) is 5.91 Å². The fraction of sp³-hybridized carbons (Fsp3) is 0.148. The Kier molecular flexibility index (Phi) is 6.66. The van der Waals surface area contributed by atoms with E-state index in [1.165, 1.54) is 7.11 Å². The highest BCUT2D eigenvalue weighted by atomic mass is 16.5. The molecule has 178 valence electrons. The summed E-state index contributed by atoms with van der Waals surface area (Å²) in [4.78, 5) is 36.5. The molecule has 35 heavy (non-hydrogen) atoms. The van der Waals surface area contributed by atoms with Crippen LogP contribution in [0.5, 0.6) is 0 Å². The minimum Gasteiger partial charge on any atom is -0.465 e. The Morgan fingerprint density at radius 1 is 0.971 bits per heavy atom. The molecule has 3 aromatic carbocycles. The number of amides is 2. The molecule has 0 radical (unpaired) electrons. The molecule has 0 aromatic heterocycles. The van der Waals surface area contributed by atoms with Gasteiger partial charge in [-0.1, -0.05) is 55.5 Å². The van der Waals surface area contributed by atoms with Crippen molar-refractivity contribution in [1.82, 2.24) is 0 Å². The van der Waals surface area contributed by atoms with Crippen molar-refractivity contribution in [3.05, 3.63) is 95.1 Å². The third-order valence-corrected chi connectivity index (χ3v) is 6.05. The van der Waals surface area contributed by atoms with Crippen LogP contribution in [0.2, 0.25) is 0 Å². The molecule has 8 nitrogen and oxygen atoms in total. The Hall–Kier alpha value is -4.43. The third-order valence-electron chi connectivity index (χ3n) is 6.05. The number of fused-ring (bicyclic) bond motifs is 1. The summed E-state index contributed by atoms with van der Waals surface area (Å²) < 4.78 is 4.79. The van der Waals surface area contributed by atoms with Gasteiger partial charge in [0.1, 0.15) is 0 Å². The number of nitrogens with two attached hydrogens (primary N) is 2. The summed E-state index contributed by atoms with van der Waals surface area (Å²) in [5.41, 5.74) is 16.5. The minimum atomic E-state index is -0.523. The van der Waals surface area contributed by atoms with Crippen LogP contribution in [-0.4, -0.2) is 24.9 Å². The first-order valence-electron chi connectivity index (χ1n) is 11.1. The van der Waals surface area contributed by atoms with Gasteiger partial charge in [0.2, 0.25) is 5.91 Å². The molecule has 0 aliphatic carbocycles. The van der Waals surface area contributed by atoms with E-state index in [2.05, 4.69) is 10.6 Å². The first-order valence-corrected chi connectivity index (χ1v) is 11.1. The Morgan fingerprint density at radius 2 is 1.66 bits per heavy atom. The number of rotatable bonds is 7. The number of anilines is 2. The van der Waals surface area contributed by atoms with Crippen LogP contribution in [0, 0.1) is 5.92 Å². The lowest BCUT2D eigenvalue weighted by molar-refractivity contribution is -0.121. The van der Waals surface area contributed by atoms with E-state index in [1.54, 1.807) is 25.1 Å². The summed E-state index contributed by atoms with van der Waals surface area (Å²) in [6.07, 6.45) is 0. The second-order valence-corrected chi connectivity index (χ2v) is 8.29. The fourth-order valence-corrected chi connectivity index (χ4v) is 3.95. The molecule has 2 amide bonds. The SMILES string of the molecule is COC(=O)c1ccc2c(c1)NC(=O)/C2=C(/Nc1ccc(C(N)C(C)C(N)=O)cc1)c1ccccc1. The Bertz CT molecular complexity index is 1320. The van der Waals surface area contributed by atoms with Crippen LogP contribution in [0.15, 0.2) is 72.8 Å². The van der Waals surface area contributed by atoms with Crippen LogP contribution in [0.4, 0.5) is 11.4 Å². The van der Waals surface area contributed by atoms with Crippen molar-refractivity contribution in [2.75, 3.05) is 17.7 Å². The zero-order chi connectivity index (χ0) is 25.1. The molecule has 4 rings (SSSR count). The lowest BCUT2D eigenvalue weighted by Gasteiger charge is -2.19. The number of esters is 1. The van der Waals surface area contributed by atoms with Crippen molar-refractivity contribution in [2.45, 2.75) is 13.0 Å². The predicted molar refractivity (Wildman–Crippen MR) is 135 cm³/mol. The first-order chi connectivity index (χ1) is 16.8. The number of benzene rings is 3. The van der Waals surface area contributed by atoms with E-state index < -0.39 is 23.8 Å². The van der Waals surface area contributed by atoms with Crippen molar-refractivity contribution >= 4 is 40.4 Å². The van der Waals surface area contributed by atoms with Gasteiger partial charge >= 0.3 is 5.97 Å². The van der Waals surface area contributed by atoms with Gasteiger partial charge in [0.15, 0.2) is 0 Å². The summed E-state index contributed by atoms with van der Waals surface area (Å²) in [5, 5.41) is 6.22. The van der Waals surface area contributed by atoms with Crippen molar-refractivity contribution in [1.29, 1.82) is 0 Å². The van der Waals surface area contributed by atoms with Gasteiger partial charge in [0.05, 0.1) is 35.5 Å². The summed E-state index contributed by atoms with van der Waals surface area (Å²) in [7, 11) is 1.31. The van der Waals surface area contributed by atoms with E-state index in [0.717, 1.165) is 16.8 Å². The van der Waals surface area contributed by atoms with Crippen molar-refractivity contribution in [2.24, 2.45) is 17.4 Å². The fourth-order valence-electron chi connectivity index (χ4n) is 3.95. The van der Waals surface area contributed by atoms with Gasteiger partial charge in [-0.2, -0.15) is 0 Å². The molecule has 2 unspecified atom stereocenters. The second-order valence-electron chi connectivity index (χ2n) is 8.29. The average molecular weight is 471 g/mol. The normalized spacial score (nSPS) is 15.5. The molecule has 0 spiro atoms. The molecule has 1 aliphatic heterocycles. The monoisotopic (exact) mass is 470 g/mol. The molecule has 1 aliphatic rings. The topological polar surface area (TPSA) is 137 Å². The van der Waals surface area contributed by atoms with Crippen molar-refractivity contribution < 1.29 is 19.1 Å². The molecular formula is C27H26N4O4. The number of carbonyl (C=O) groups excluding carboxylic acids is 3. The van der Waals surface area contributed by atoms with Crippen LogP contribution in [0.1, 0.15) is 40.0 Å². The van der Waals surface area contributed by atoms with Crippen LogP contribution in [-0.2, 0) is 14.3 Å². The highest BCUT2D eigenvalue weighted by Gasteiger charge is 2.29. The lowest BCUT2D eigenvalue weighted by Crippen LogP contribution is -2.30. The van der Waals surface area contributed by atoms with Gasteiger partial charge in [0.25, 0.3) is 5.91 Å². The Morgan fingerprint density at radius 3 is 2.29 bits per heavy atom. The van der Waals surface area contributed by atoms with Crippen LogP contribution in [0.25, 0.3) is 11.3 Å². The molecular weight excluding hydrogens is 444 g/mol. The highest BCUT2D eigenvalue weighted by molar-refractivity contribution is 6.37. The number of ether oxygens (including phenoxy) is 1. The summed E-state index contributed by atoms with van der Waals surface area (Å²) in [6, 6.07) is 21.2. The standard InChI is InChI=1S/C27H26N4O4/c1-15(25(29)32)23(28)16-8-11-19(12-9-16)30-24(17-6-4-3-5-7-17)22-20-13-10-18(27(34)35-2)14-21(20)31-26(22)33/h3-15,23,30H,28H2,1-2H3,(H2,29,32)(H,31,33)/b24-22+. The van der Waals surface area contributed by atoms with Crippen molar-refractivity contribution in [3.63, 3.8) is 0 Å². The van der Waals surface area contributed by atoms with Gasteiger partial charge in [-0.25, -0.2) is 4.79 Å². The third kappa shape index (κ3) is 4.78. The smallest absolute Gasteiger partial charge is 0.337 e. The summed E-state index contributed by atoms with van der Waals surface area (Å²) in [5.74, 6) is -1.74. The predicted octanol–water partition coefficient (Wildman–Crippen LogP) is 3.53. The van der Waals surface area contributed by atoms with E-state index in [9.17, 15) is 14.4 Å². The second kappa shape index (κ2) is 9.82. The van der Waals surface area contributed by atoms with Gasteiger partial charge in [-0.3, -0.25) is 9.59 Å². The molecule has 6 N–H and O–H groups in total. The number of methoxy groups -OCH3 is 1. The van der Waals surface area contributed by atoms with Gasteiger partial charge in [-0.15, -0.1) is 0 Å². The average Bonchev–Trinajstić information content (AvgIpc) is 3.21. The van der Waals surface area contributed by atoms with E-state index in [0.29, 0.717) is 28.1 Å². The maximum atomic E-state index is 13.1. The molecule has 8 heteroatoms. The van der Waals surface area contributed by atoms with Crippen molar-refractivity contribution in [3.8, 4) is 0 Å². The molecule has 0 fully saturated rings. The maximum absolute atomic E-state index is 13.1. The van der Waals surface area contributed by atoms with Crippen LogP contribution in [0.3, 0.4) is 0 Å². The molecule has 0 saturated carbocycles. The summed E-state index contributed by atoms with van der Waals surface area (Å²) in [6.45, 7) is 1.69. The van der Waals surface area contributed by atoms with E-state index in [1.807, 2.05) is 54.6 Å².